The zero-order chi connectivity index (χ0) is 13.3. The second-order valence-electron chi connectivity index (χ2n) is 4.75. The minimum absolute atomic E-state index is 0.502. The van der Waals surface area contributed by atoms with Gasteiger partial charge in [0.25, 0.3) is 0 Å². The Hall–Kier alpha value is -1.86. The monoisotopic (exact) mass is 251 g/mol. The number of hydrogen-bond donors (Lipinski definition) is 1. The molecule has 2 rings (SSSR count). The van der Waals surface area contributed by atoms with Gasteiger partial charge < -0.3 is 5.32 Å². The van der Waals surface area contributed by atoms with Gasteiger partial charge in [0.05, 0.1) is 0 Å². The first-order valence-electron chi connectivity index (χ1n) is 6.80. The van der Waals surface area contributed by atoms with Crippen molar-refractivity contribution >= 4 is 0 Å². The van der Waals surface area contributed by atoms with E-state index in [1.54, 1.807) is 0 Å². The highest BCUT2D eigenvalue weighted by Crippen LogP contribution is 2.19. The summed E-state index contributed by atoms with van der Waals surface area (Å²) in [5.41, 5.74) is 2.70. The van der Waals surface area contributed by atoms with Crippen molar-refractivity contribution in [1.29, 1.82) is 0 Å². The van der Waals surface area contributed by atoms with Crippen molar-refractivity contribution in [3.63, 3.8) is 0 Å². The van der Waals surface area contributed by atoms with E-state index in [0.29, 0.717) is 5.92 Å². The molecule has 2 aromatic rings. The topological polar surface area (TPSA) is 12.0 Å². The molecule has 0 aliphatic heterocycles. The predicted octanol–water partition coefficient (Wildman–Crippen LogP) is 4.14. The van der Waals surface area contributed by atoms with E-state index in [9.17, 15) is 0 Å². The van der Waals surface area contributed by atoms with Crippen LogP contribution in [0.15, 0.2) is 73.3 Å². The third-order valence-corrected chi connectivity index (χ3v) is 3.28. The summed E-state index contributed by atoms with van der Waals surface area (Å²) >= 11 is 0. The van der Waals surface area contributed by atoms with Gasteiger partial charge in [-0.15, -0.1) is 6.58 Å². The van der Waals surface area contributed by atoms with E-state index in [4.69, 9.17) is 0 Å². The third kappa shape index (κ3) is 4.38. The van der Waals surface area contributed by atoms with Crippen LogP contribution < -0.4 is 5.32 Å². The summed E-state index contributed by atoms with van der Waals surface area (Å²) in [6.45, 7) is 5.76. The van der Waals surface area contributed by atoms with E-state index >= 15 is 0 Å². The Labute approximate surface area is 116 Å². The first-order valence-corrected chi connectivity index (χ1v) is 6.80. The van der Waals surface area contributed by atoms with E-state index in [2.05, 4.69) is 66.5 Å². The summed E-state index contributed by atoms with van der Waals surface area (Å²) in [6.07, 6.45) is 3.01. The molecule has 0 aliphatic carbocycles. The molecule has 0 heterocycles. The van der Waals surface area contributed by atoms with Crippen LogP contribution in [0.4, 0.5) is 0 Å². The van der Waals surface area contributed by atoms with Crippen LogP contribution in [0.25, 0.3) is 0 Å². The van der Waals surface area contributed by atoms with E-state index in [1.165, 1.54) is 11.1 Å². The molecule has 1 nitrogen and oxygen atoms in total. The lowest BCUT2D eigenvalue weighted by Crippen LogP contribution is -2.21. The number of nitrogens with one attached hydrogen (secondary N) is 1. The normalized spacial score (nSPS) is 12.0. The van der Waals surface area contributed by atoms with Crippen molar-refractivity contribution in [2.75, 3.05) is 6.54 Å². The lowest BCUT2D eigenvalue weighted by atomic mass is 9.95. The lowest BCUT2D eigenvalue weighted by molar-refractivity contribution is 0.587. The van der Waals surface area contributed by atoms with E-state index in [1.807, 2.05) is 12.1 Å². The van der Waals surface area contributed by atoms with Crippen molar-refractivity contribution in [3.05, 3.63) is 84.4 Å². The Morgan fingerprint density at radius 2 is 1.58 bits per heavy atom. The molecule has 0 radical (unpaired) electrons. The number of hydrogen-bond acceptors (Lipinski definition) is 1. The van der Waals surface area contributed by atoms with Crippen LogP contribution in [0.5, 0.6) is 0 Å². The quantitative estimate of drug-likeness (QED) is 0.729. The largest absolute Gasteiger partial charge is 0.312 e. The molecule has 0 aromatic heterocycles. The minimum atomic E-state index is 0.502. The Morgan fingerprint density at radius 1 is 0.947 bits per heavy atom. The highest BCUT2D eigenvalue weighted by Gasteiger charge is 2.08. The van der Waals surface area contributed by atoms with Gasteiger partial charge in [0, 0.05) is 13.1 Å². The zero-order valence-corrected chi connectivity index (χ0v) is 11.3. The predicted molar refractivity (Wildman–Crippen MR) is 82.1 cm³/mol. The molecule has 0 saturated carbocycles. The summed E-state index contributed by atoms with van der Waals surface area (Å²) in [7, 11) is 0. The molecule has 0 aliphatic rings. The van der Waals surface area contributed by atoms with E-state index in [0.717, 1.165) is 19.5 Å². The highest BCUT2D eigenvalue weighted by atomic mass is 14.9. The lowest BCUT2D eigenvalue weighted by Gasteiger charge is -2.16. The zero-order valence-electron chi connectivity index (χ0n) is 11.3. The van der Waals surface area contributed by atoms with Crippen LogP contribution in [-0.4, -0.2) is 6.54 Å². The average Bonchev–Trinajstić information content (AvgIpc) is 2.48. The molecular weight excluding hydrogens is 230 g/mol. The van der Waals surface area contributed by atoms with Crippen molar-refractivity contribution in [2.24, 2.45) is 0 Å². The fourth-order valence-corrected chi connectivity index (χ4v) is 2.25. The number of benzene rings is 2. The Kier molecular flexibility index (Phi) is 5.39. The van der Waals surface area contributed by atoms with Gasteiger partial charge >= 0.3 is 0 Å². The average molecular weight is 251 g/mol. The summed E-state index contributed by atoms with van der Waals surface area (Å²) in [6, 6.07) is 21.2. The molecule has 1 unspecified atom stereocenters. The summed E-state index contributed by atoms with van der Waals surface area (Å²) < 4.78 is 0. The highest BCUT2D eigenvalue weighted by molar-refractivity contribution is 5.21. The minimum Gasteiger partial charge on any atom is -0.312 e. The maximum atomic E-state index is 3.86. The maximum Gasteiger partial charge on any atom is 0.0205 e. The van der Waals surface area contributed by atoms with Gasteiger partial charge in [-0.05, 0) is 23.5 Å². The molecule has 1 N–H and O–H groups in total. The van der Waals surface area contributed by atoms with Gasteiger partial charge in [-0.25, -0.2) is 0 Å². The number of allylic oxidation sites excluding steroid dienone is 1. The van der Waals surface area contributed by atoms with Crippen molar-refractivity contribution < 1.29 is 0 Å². The van der Waals surface area contributed by atoms with Gasteiger partial charge in [-0.3, -0.25) is 0 Å². The number of rotatable bonds is 7. The SMILES string of the molecule is C=CCC(CNCc1ccccc1)c1ccccc1. The summed E-state index contributed by atoms with van der Waals surface area (Å²) in [4.78, 5) is 0. The molecule has 1 heteroatoms. The summed E-state index contributed by atoms with van der Waals surface area (Å²) in [5, 5.41) is 3.54. The van der Waals surface area contributed by atoms with Crippen molar-refractivity contribution in [1.82, 2.24) is 5.32 Å². The standard InChI is InChI=1S/C18H21N/c1-2-9-18(17-12-7-4-8-13-17)15-19-14-16-10-5-3-6-11-16/h2-8,10-13,18-19H,1,9,14-15H2. The van der Waals surface area contributed by atoms with Crippen LogP contribution in [-0.2, 0) is 6.54 Å². The Morgan fingerprint density at radius 3 is 2.21 bits per heavy atom. The third-order valence-electron chi connectivity index (χ3n) is 3.28. The summed E-state index contributed by atoms with van der Waals surface area (Å²) in [5.74, 6) is 0.502. The molecule has 0 spiro atoms. The van der Waals surface area contributed by atoms with Crippen LogP contribution in [0.2, 0.25) is 0 Å². The molecule has 0 saturated heterocycles. The molecule has 0 fully saturated rings. The second-order valence-corrected chi connectivity index (χ2v) is 4.75. The molecule has 0 bridgehead atoms. The van der Waals surface area contributed by atoms with Crippen LogP contribution in [0.1, 0.15) is 23.5 Å². The van der Waals surface area contributed by atoms with Crippen molar-refractivity contribution in [3.8, 4) is 0 Å². The first kappa shape index (κ1) is 13.6. The fourth-order valence-electron chi connectivity index (χ4n) is 2.25. The molecule has 2 aromatic carbocycles. The van der Waals surface area contributed by atoms with E-state index < -0.39 is 0 Å². The second kappa shape index (κ2) is 7.55. The molecule has 98 valence electrons. The van der Waals surface area contributed by atoms with E-state index in [-0.39, 0.29) is 0 Å². The molecular formula is C18H21N. The fraction of sp³-hybridized carbons (Fsp3) is 0.222. The van der Waals surface area contributed by atoms with Crippen LogP contribution in [0, 0.1) is 0 Å². The van der Waals surface area contributed by atoms with Gasteiger partial charge in [-0.2, -0.15) is 0 Å². The molecule has 19 heavy (non-hydrogen) atoms. The Balaban J connectivity index is 1.89. The van der Waals surface area contributed by atoms with Gasteiger partial charge in [0.1, 0.15) is 0 Å². The molecule has 0 amide bonds. The van der Waals surface area contributed by atoms with Gasteiger partial charge in [0.15, 0.2) is 0 Å². The van der Waals surface area contributed by atoms with Gasteiger partial charge in [-0.1, -0.05) is 66.7 Å². The first-order chi connectivity index (χ1) is 9.40. The van der Waals surface area contributed by atoms with Crippen molar-refractivity contribution in [2.45, 2.75) is 18.9 Å². The van der Waals surface area contributed by atoms with Gasteiger partial charge in [0.2, 0.25) is 0 Å². The maximum absolute atomic E-state index is 3.86. The van der Waals surface area contributed by atoms with Crippen LogP contribution in [0.3, 0.4) is 0 Å². The van der Waals surface area contributed by atoms with Crippen LogP contribution >= 0.6 is 0 Å². The smallest absolute Gasteiger partial charge is 0.0205 e. The Bertz CT molecular complexity index is 476. The molecule has 1 atom stereocenters.